The molecule has 0 heterocycles. The van der Waals surface area contributed by atoms with Crippen LogP contribution < -0.4 is 5.73 Å². The molecule has 1 aromatic carbocycles. The molecule has 94 valence electrons. The van der Waals surface area contributed by atoms with Crippen LogP contribution in [0.5, 0.6) is 0 Å². The van der Waals surface area contributed by atoms with Gasteiger partial charge in [-0.15, -0.1) is 0 Å². The predicted molar refractivity (Wildman–Crippen MR) is 70.6 cm³/mol. The average Bonchev–Trinajstić information content (AvgIpc) is 2.32. The quantitative estimate of drug-likeness (QED) is 0.617. The van der Waals surface area contributed by atoms with Crippen LogP contribution in [0.1, 0.15) is 42.5 Å². The van der Waals surface area contributed by atoms with Gasteiger partial charge in [-0.25, -0.2) is 4.39 Å². The van der Waals surface area contributed by atoms with Gasteiger partial charge in [0.05, 0.1) is 5.56 Å². The van der Waals surface area contributed by atoms with E-state index in [2.05, 4.69) is 15.9 Å². The van der Waals surface area contributed by atoms with E-state index in [1.807, 2.05) is 0 Å². The van der Waals surface area contributed by atoms with Gasteiger partial charge >= 0.3 is 0 Å². The third-order valence-electron chi connectivity index (χ3n) is 2.59. The molecule has 0 aliphatic rings. The Hall–Kier alpha value is -0.740. The third kappa shape index (κ3) is 4.96. The number of rotatable bonds is 7. The minimum atomic E-state index is -0.444. The van der Waals surface area contributed by atoms with Crippen LogP contribution in [0.15, 0.2) is 22.7 Å². The topological polar surface area (TPSA) is 43.1 Å². The molecule has 0 fully saturated rings. The average molecular weight is 302 g/mol. The van der Waals surface area contributed by atoms with Gasteiger partial charge in [-0.05, 0) is 37.6 Å². The fraction of sp³-hybridized carbons (Fsp3) is 0.462. The normalized spacial score (nSPS) is 10.5. The molecular weight excluding hydrogens is 285 g/mol. The van der Waals surface area contributed by atoms with Crippen LogP contribution >= 0.6 is 15.9 Å². The summed E-state index contributed by atoms with van der Waals surface area (Å²) in [5, 5.41) is 0. The first-order valence-corrected chi connectivity index (χ1v) is 6.62. The summed E-state index contributed by atoms with van der Waals surface area (Å²) in [7, 11) is 0. The van der Waals surface area contributed by atoms with Crippen LogP contribution in [0.25, 0.3) is 0 Å². The Morgan fingerprint density at radius 1 is 1.24 bits per heavy atom. The Bertz CT molecular complexity index is 382. The number of halogens is 2. The van der Waals surface area contributed by atoms with Crippen molar-refractivity contribution >= 4 is 21.7 Å². The molecule has 0 amide bonds. The van der Waals surface area contributed by atoms with Gasteiger partial charge in [-0.2, -0.15) is 0 Å². The molecule has 0 atom stereocenters. The molecule has 17 heavy (non-hydrogen) atoms. The second-order valence-electron chi connectivity index (χ2n) is 4.00. The molecule has 2 nitrogen and oxygen atoms in total. The van der Waals surface area contributed by atoms with Crippen LogP contribution in [-0.2, 0) is 0 Å². The van der Waals surface area contributed by atoms with Crippen molar-refractivity contribution in [3.63, 3.8) is 0 Å². The van der Waals surface area contributed by atoms with E-state index >= 15 is 0 Å². The molecular formula is C13H17BrFNO. The molecule has 0 aromatic heterocycles. The van der Waals surface area contributed by atoms with Crippen molar-refractivity contribution in [3.8, 4) is 0 Å². The number of carbonyl (C=O) groups is 1. The second-order valence-corrected chi connectivity index (χ2v) is 4.92. The van der Waals surface area contributed by atoms with E-state index in [4.69, 9.17) is 5.73 Å². The molecule has 0 radical (unpaired) electrons. The first-order chi connectivity index (χ1) is 8.15. The Labute approximate surface area is 110 Å². The first kappa shape index (κ1) is 14.3. The van der Waals surface area contributed by atoms with Crippen molar-refractivity contribution in [2.75, 3.05) is 6.54 Å². The summed E-state index contributed by atoms with van der Waals surface area (Å²) in [5.74, 6) is -0.572. The SMILES string of the molecule is NCCCCCCC(=O)c1cc(Br)ccc1F. The van der Waals surface area contributed by atoms with Gasteiger partial charge in [-0.1, -0.05) is 28.8 Å². The van der Waals surface area contributed by atoms with Gasteiger partial charge in [-0.3, -0.25) is 4.79 Å². The van der Waals surface area contributed by atoms with E-state index in [9.17, 15) is 9.18 Å². The van der Waals surface area contributed by atoms with Crippen molar-refractivity contribution in [1.29, 1.82) is 0 Å². The molecule has 0 saturated heterocycles. The number of ketones is 1. The summed E-state index contributed by atoms with van der Waals surface area (Å²) in [4.78, 5) is 11.8. The van der Waals surface area contributed by atoms with E-state index < -0.39 is 5.82 Å². The highest BCUT2D eigenvalue weighted by Gasteiger charge is 2.11. The van der Waals surface area contributed by atoms with E-state index in [1.54, 1.807) is 6.07 Å². The lowest BCUT2D eigenvalue weighted by molar-refractivity contribution is 0.0975. The van der Waals surface area contributed by atoms with Crippen molar-refractivity contribution in [3.05, 3.63) is 34.1 Å². The number of hydrogen-bond donors (Lipinski definition) is 1. The molecule has 1 aromatic rings. The Kier molecular flexibility index (Phi) is 6.37. The van der Waals surface area contributed by atoms with Gasteiger partial charge in [0, 0.05) is 10.9 Å². The van der Waals surface area contributed by atoms with Crippen LogP contribution in [0.3, 0.4) is 0 Å². The molecule has 0 spiro atoms. The minimum absolute atomic E-state index is 0.128. The zero-order valence-corrected chi connectivity index (χ0v) is 11.3. The number of unbranched alkanes of at least 4 members (excludes halogenated alkanes) is 3. The van der Waals surface area contributed by atoms with Crippen molar-refractivity contribution in [2.24, 2.45) is 5.73 Å². The van der Waals surface area contributed by atoms with E-state index in [0.29, 0.717) is 13.0 Å². The van der Waals surface area contributed by atoms with Gasteiger partial charge in [0.25, 0.3) is 0 Å². The molecule has 2 N–H and O–H groups in total. The fourth-order valence-electron chi connectivity index (χ4n) is 1.63. The van der Waals surface area contributed by atoms with E-state index in [1.165, 1.54) is 12.1 Å². The third-order valence-corrected chi connectivity index (χ3v) is 3.08. The molecule has 0 aliphatic carbocycles. The van der Waals surface area contributed by atoms with Gasteiger partial charge < -0.3 is 5.73 Å². The van der Waals surface area contributed by atoms with Crippen LogP contribution in [0, 0.1) is 5.82 Å². The van der Waals surface area contributed by atoms with Gasteiger partial charge in [0.2, 0.25) is 0 Å². The van der Waals surface area contributed by atoms with E-state index in [0.717, 1.165) is 30.2 Å². The summed E-state index contributed by atoms with van der Waals surface area (Å²) in [5.41, 5.74) is 5.56. The number of nitrogens with two attached hydrogens (primary N) is 1. The Morgan fingerprint density at radius 3 is 2.65 bits per heavy atom. The summed E-state index contributed by atoms with van der Waals surface area (Å²) in [6, 6.07) is 4.44. The zero-order chi connectivity index (χ0) is 12.7. The highest BCUT2D eigenvalue weighted by atomic mass is 79.9. The second kappa shape index (κ2) is 7.56. The minimum Gasteiger partial charge on any atom is -0.330 e. The van der Waals surface area contributed by atoms with Crippen molar-refractivity contribution in [2.45, 2.75) is 32.1 Å². The lowest BCUT2D eigenvalue weighted by atomic mass is 10.0. The Morgan fingerprint density at radius 2 is 1.94 bits per heavy atom. The number of Topliss-reactive ketones (excluding diaryl/α,β-unsaturated/α-hetero) is 1. The summed E-state index contributed by atoms with van der Waals surface area (Å²) < 4.78 is 14.1. The number of hydrogen-bond acceptors (Lipinski definition) is 2. The number of benzene rings is 1. The van der Waals surface area contributed by atoms with Crippen molar-refractivity contribution in [1.82, 2.24) is 0 Å². The Balaban J connectivity index is 2.44. The standard InChI is InChI=1S/C13H17BrFNO/c14-10-6-7-12(15)11(9-10)13(17)5-3-1-2-4-8-16/h6-7,9H,1-5,8,16H2. The van der Waals surface area contributed by atoms with Gasteiger partial charge in [0.1, 0.15) is 5.82 Å². The van der Waals surface area contributed by atoms with E-state index in [-0.39, 0.29) is 11.3 Å². The maximum Gasteiger partial charge on any atom is 0.165 e. The van der Waals surface area contributed by atoms with Crippen LogP contribution in [0.4, 0.5) is 4.39 Å². The maximum atomic E-state index is 13.4. The molecule has 0 unspecified atom stereocenters. The fourth-order valence-corrected chi connectivity index (χ4v) is 1.99. The molecule has 0 aliphatic heterocycles. The smallest absolute Gasteiger partial charge is 0.165 e. The summed E-state index contributed by atoms with van der Waals surface area (Å²) >= 11 is 3.23. The van der Waals surface area contributed by atoms with Crippen LogP contribution in [-0.4, -0.2) is 12.3 Å². The highest BCUT2D eigenvalue weighted by Crippen LogP contribution is 2.18. The molecule has 0 bridgehead atoms. The summed E-state index contributed by atoms with van der Waals surface area (Å²) in [6.07, 6.45) is 4.19. The largest absolute Gasteiger partial charge is 0.330 e. The number of carbonyl (C=O) groups excluding carboxylic acids is 1. The maximum absolute atomic E-state index is 13.4. The lowest BCUT2D eigenvalue weighted by Crippen LogP contribution is -2.03. The molecule has 1 rings (SSSR count). The molecule has 0 saturated carbocycles. The lowest BCUT2D eigenvalue weighted by Gasteiger charge is -2.03. The predicted octanol–water partition coefficient (Wildman–Crippen LogP) is 3.68. The first-order valence-electron chi connectivity index (χ1n) is 5.83. The monoisotopic (exact) mass is 301 g/mol. The summed E-state index contributed by atoms with van der Waals surface area (Å²) in [6.45, 7) is 0.689. The highest BCUT2D eigenvalue weighted by molar-refractivity contribution is 9.10. The van der Waals surface area contributed by atoms with Gasteiger partial charge in [0.15, 0.2) is 5.78 Å². The van der Waals surface area contributed by atoms with Crippen molar-refractivity contribution < 1.29 is 9.18 Å². The van der Waals surface area contributed by atoms with Crippen LogP contribution in [0.2, 0.25) is 0 Å². The zero-order valence-electron chi connectivity index (χ0n) is 9.72. The molecule has 4 heteroatoms.